The first kappa shape index (κ1) is 20.7. The van der Waals surface area contributed by atoms with Gasteiger partial charge in [-0.2, -0.15) is 0 Å². The van der Waals surface area contributed by atoms with Crippen molar-refractivity contribution in [3.8, 4) is 11.5 Å². The Morgan fingerprint density at radius 2 is 1.90 bits per heavy atom. The summed E-state index contributed by atoms with van der Waals surface area (Å²) >= 11 is 0. The average Bonchev–Trinajstić information content (AvgIpc) is 3.02. The van der Waals surface area contributed by atoms with Crippen LogP contribution in [0.15, 0.2) is 52.4 Å². The average molecular weight is 445 g/mol. The van der Waals surface area contributed by atoms with Crippen molar-refractivity contribution in [3.63, 3.8) is 0 Å². The van der Waals surface area contributed by atoms with E-state index >= 15 is 0 Å². The summed E-state index contributed by atoms with van der Waals surface area (Å²) in [6.45, 7) is 1.85. The molecule has 0 spiro atoms. The third-order valence-electron chi connectivity index (χ3n) is 4.52. The fraction of sp³-hybridized carbons (Fsp3) is 0.250. The fourth-order valence-corrected chi connectivity index (χ4v) is 4.30. The van der Waals surface area contributed by atoms with Gasteiger partial charge in [0.05, 0.1) is 4.90 Å². The van der Waals surface area contributed by atoms with Crippen molar-refractivity contribution in [2.24, 2.45) is 4.99 Å². The number of ether oxygens (including phenoxy) is 3. The minimum absolute atomic E-state index is 0.0564. The molecule has 11 heteroatoms. The first-order valence-corrected chi connectivity index (χ1v) is 10.9. The molecule has 2 N–H and O–H groups in total. The molecule has 0 saturated heterocycles. The largest absolute Gasteiger partial charge is 0.486 e. The molecule has 2 aliphatic rings. The zero-order chi connectivity index (χ0) is 22.0. The van der Waals surface area contributed by atoms with Crippen molar-refractivity contribution in [2.75, 3.05) is 25.1 Å². The van der Waals surface area contributed by atoms with Gasteiger partial charge >= 0.3 is 5.97 Å². The van der Waals surface area contributed by atoms with Gasteiger partial charge in [-0.05, 0) is 31.2 Å². The highest BCUT2D eigenvalue weighted by atomic mass is 32.2. The molecule has 1 atom stereocenters. The highest BCUT2D eigenvalue weighted by molar-refractivity contribution is 7.90. The summed E-state index contributed by atoms with van der Waals surface area (Å²) in [6, 6.07) is 11.2. The minimum Gasteiger partial charge on any atom is -0.486 e. The van der Waals surface area contributed by atoms with Crippen LogP contribution in [0.1, 0.15) is 12.5 Å². The van der Waals surface area contributed by atoms with E-state index in [-0.39, 0.29) is 10.7 Å². The monoisotopic (exact) mass is 445 g/mol. The quantitative estimate of drug-likeness (QED) is 0.658. The van der Waals surface area contributed by atoms with Gasteiger partial charge in [-0.1, -0.05) is 12.1 Å². The van der Waals surface area contributed by atoms with Gasteiger partial charge in [-0.25, -0.2) is 8.42 Å². The lowest BCUT2D eigenvalue weighted by molar-refractivity contribution is -0.151. The number of amidine groups is 1. The van der Waals surface area contributed by atoms with Crippen molar-refractivity contribution in [2.45, 2.75) is 17.9 Å². The summed E-state index contributed by atoms with van der Waals surface area (Å²) in [7, 11) is -3.70. The van der Waals surface area contributed by atoms with Crippen LogP contribution in [0.4, 0.5) is 5.69 Å². The molecule has 2 heterocycles. The Hall–Kier alpha value is -3.60. The number of carbonyl (C=O) groups excluding carboxylic acids is 2. The predicted molar refractivity (Wildman–Crippen MR) is 110 cm³/mol. The minimum atomic E-state index is -3.70. The molecule has 31 heavy (non-hydrogen) atoms. The summed E-state index contributed by atoms with van der Waals surface area (Å²) in [5, 5.41) is 2.64. The summed E-state index contributed by atoms with van der Waals surface area (Å²) in [5.74, 6) is -0.151. The summed E-state index contributed by atoms with van der Waals surface area (Å²) in [6.07, 6.45) is -1.09. The number of aliphatic imine (C=N–C) groups is 1. The molecule has 1 amide bonds. The summed E-state index contributed by atoms with van der Waals surface area (Å²) in [5.41, 5.74) is 0.842. The standard InChI is InChI=1S/C20H19N3O7S/c1-12(20(25)22-13-6-7-15-16(10-13)29-9-8-28-15)30-18(24)11-21-19-14-4-2-3-5-17(14)31(26,27)23-19/h2-7,10,12H,8-9,11H2,1H3,(H,21,23)(H,22,25). The molecule has 0 aliphatic carbocycles. The van der Waals surface area contributed by atoms with Crippen LogP contribution in [0.3, 0.4) is 0 Å². The van der Waals surface area contributed by atoms with Gasteiger partial charge in [0.25, 0.3) is 15.9 Å². The molecule has 2 aliphatic heterocycles. The Bertz CT molecular complexity index is 1180. The van der Waals surface area contributed by atoms with Gasteiger partial charge in [0, 0.05) is 17.3 Å². The van der Waals surface area contributed by atoms with Crippen molar-refractivity contribution in [3.05, 3.63) is 48.0 Å². The zero-order valence-electron chi connectivity index (χ0n) is 16.5. The highest BCUT2D eigenvalue weighted by Gasteiger charge is 2.30. The fourth-order valence-electron chi connectivity index (χ4n) is 3.05. The lowest BCUT2D eigenvalue weighted by atomic mass is 10.2. The van der Waals surface area contributed by atoms with Gasteiger partial charge in [0.2, 0.25) is 0 Å². The molecule has 0 fully saturated rings. The van der Waals surface area contributed by atoms with E-state index in [9.17, 15) is 18.0 Å². The number of amides is 1. The van der Waals surface area contributed by atoms with E-state index in [2.05, 4.69) is 15.0 Å². The number of sulfonamides is 1. The SMILES string of the molecule is CC(OC(=O)CN=C1NS(=O)(=O)c2ccccc21)C(=O)Nc1ccc2c(c1)OCCO2. The second-order valence-electron chi connectivity index (χ2n) is 6.75. The van der Waals surface area contributed by atoms with Crippen molar-refractivity contribution >= 4 is 33.4 Å². The normalized spacial score (nSPS) is 17.9. The van der Waals surface area contributed by atoms with E-state index in [0.717, 1.165) is 0 Å². The molecular formula is C20H19N3O7S. The number of fused-ring (bicyclic) bond motifs is 2. The third kappa shape index (κ3) is 4.45. The molecule has 2 aromatic carbocycles. The van der Waals surface area contributed by atoms with Crippen LogP contribution in [-0.4, -0.2) is 52.0 Å². The highest BCUT2D eigenvalue weighted by Crippen LogP contribution is 2.32. The number of rotatable bonds is 5. The smallest absolute Gasteiger partial charge is 0.328 e. The van der Waals surface area contributed by atoms with Gasteiger partial charge in [0.1, 0.15) is 25.6 Å². The maximum atomic E-state index is 12.3. The van der Waals surface area contributed by atoms with Crippen molar-refractivity contribution < 1.29 is 32.2 Å². The molecule has 0 aromatic heterocycles. The topological polar surface area (TPSA) is 132 Å². The van der Waals surface area contributed by atoms with Crippen LogP contribution in [0.2, 0.25) is 0 Å². The molecule has 4 rings (SSSR count). The lowest BCUT2D eigenvalue weighted by Crippen LogP contribution is -2.31. The number of carbonyl (C=O) groups is 2. The molecule has 0 saturated carbocycles. The van der Waals surface area contributed by atoms with Gasteiger partial charge in [-0.3, -0.25) is 19.3 Å². The van der Waals surface area contributed by atoms with Crippen molar-refractivity contribution in [1.82, 2.24) is 4.72 Å². The number of esters is 1. The number of hydrogen-bond donors (Lipinski definition) is 2. The van der Waals surface area contributed by atoms with Crippen molar-refractivity contribution in [1.29, 1.82) is 0 Å². The van der Waals surface area contributed by atoms with Gasteiger partial charge in [0.15, 0.2) is 17.6 Å². The van der Waals surface area contributed by atoms with Gasteiger partial charge in [-0.15, -0.1) is 0 Å². The van der Waals surface area contributed by atoms with Crippen LogP contribution in [0.5, 0.6) is 11.5 Å². The molecular weight excluding hydrogens is 426 g/mol. The molecule has 0 bridgehead atoms. The maximum Gasteiger partial charge on any atom is 0.328 e. The molecule has 162 valence electrons. The van der Waals surface area contributed by atoms with E-state index in [0.29, 0.717) is 36.0 Å². The molecule has 10 nitrogen and oxygen atoms in total. The Labute approximate surface area is 178 Å². The Morgan fingerprint density at radius 1 is 1.16 bits per heavy atom. The maximum absolute atomic E-state index is 12.3. The lowest BCUT2D eigenvalue weighted by Gasteiger charge is -2.19. The first-order valence-electron chi connectivity index (χ1n) is 9.40. The molecule has 1 unspecified atom stereocenters. The molecule has 2 aromatic rings. The number of benzene rings is 2. The Morgan fingerprint density at radius 3 is 2.71 bits per heavy atom. The third-order valence-corrected chi connectivity index (χ3v) is 5.91. The van der Waals surface area contributed by atoms with Gasteiger partial charge < -0.3 is 19.5 Å². The summed E-state index contributed by atoms with van der Waals surface area (Å²) in [4.78, 5) is 28.5. The van der Waals surface area contributed by atoms with Crippen LogP contribution in [0.25, 0.3) is 0 Å². The number of anilines is 1. The van der Waals surface area contributed by atoms with Crippen LogP contribution in [0, 0.1) is 0 Å². The predicted octanol–water partition coefficient (Wildman–Crippen LogP) is 1.07. The van der Waals surface area contributed by atoms with E-state index in [4.69, 9.17) is 14.2 Å². The van der Waals surface area contributed by atoms with Crippen LogP contribution >= 0.6 is 0 Å². The number of nitrogens with zero attached hydrogens (tertiary/aromatic N) is 1. The van der Waals surface area contributed by atoms with E-state index in [1.807, 2.05) is 0 Å². The Kier molecular flexibility index (Phi) is 5.51. The Balaban J connectivity index is 1.35. The first-order chi connectivity index (χ1) is 14.8. The number of nitrogens with one attached hydrogen (secondary N) is 2. The van der Waals surface area contributed by atoms with E-state index < -0.39 is 34.5 Å². The number of hydrogen-bond acceptors (Lipinski definition) is 8. The molecule has 0 radical (unpaired) electrons. The van der Waals surface area contributed by atoms with Crippen LogP contribution in [-0.2, 0) is 24.3 Å². The van der Waals surface area contributed by atoms with E-state index in [1.54, 1.807) is 36.4 Å². The summed E-state index contributed by atoms with van der Waals surface area (Å²) < 4.78 is 42.4. The van der Waals surface area contributed by atoms with Crippen LogP contribution < -0.4 is 19.5 Å². The second kappa shape index (κ2) is 8.26. The second-order valence-corrected chi connectivity index (χ2v) is 8.40. The van der Waals surface area contributed by atoms with E-state index in [1.165, 1.54) is 13.0 Å². The zero-order valence-corrected chi connectivity index (χ0v) is 17.3.